The molecular weight excluding hydrogens is 436 g/mol. The molecule has 2 fully saturated rings. The first-order chi connectivity index (χ1) is 17.1. The van der Waals surface area contributed by atoms with Gasteiger partial charge in [-0.1, -0.05) is 18.2 Å². The van der Waals surface area contributed by atoms with Crippen molar-refractivity contribution in [3.05, 3.63) is 90.1 Å². The van der Waals surface area contributed by atoms with Crippen molar-refractivity contribution in [2.45, 2.75) is 51.1 Å². The maximum Gasteiger partial charge on any atom is 0.259 e. The monoisotopic (exact) mass is 464 g/mol. The number of nitrogens with zero attached hydrogens (tertiary/aromatic N) is 4. The van der Waals surface area contributed by atoms with E-state index in [1.54, 1.807) is 18.5 Å². The summed E-state index contributed by atoms with van der Waals surface area (Å²) in [4.78, 5) is 28.7. The highest BCUT2D eigenvalue weighted by Gasteiger charge is 2.44. The number of carbonyl (C=O) groups excluding carboxylic acids is 1. The first-order valence-electron chi connectivity index (χ1n) is 12.3. The third kappa shape index (κ3) is 4.36. The zero-order chi connectivity index (χ0) is 23.8. The number of fused-ring (bicyclic) bond motifs is 3. The predicted molar refractivity (Wildman–Crippen MR) is 134 cm³/mol. The fourth-order valence-electron chi connectivity index (χ4n) is 5.78. The molecule has 2 aliphatic heterocycles. The highest BCUT2D eigenvalue weighted by Crippen LogP contribution is 2.41. The Balaban J connectivity index is 1.18. The maximum absolute atomic E-state index is 13.7. The van der Waals surface area contributed by atoms with Crippen LogP contribution in [0.5, 0.6) is 11.6 Å². The largest absolute Gasteiger partial charge is 0.437 e. The van der Waals surface area contributed by atoms with Crippen molar-refractivity contribution in [1.29, 1.82) is 0 Å². The lowest BCUT2D eigenvalue weighted by Crippen LogP contribution is -2.47. The van der Waals surface area contributed by atoms with Gasteiger partial charge in [0.15, 0.2) is 0 Å². The number of rotatable bonds is 5. The molecule has 6 nitrogen and oxygen atoms in total. The average Bonchev–Trinajstić information content (AvgIpc) is 3.15. The lowest BCUT2D eigenvalue weighted by Gasteiger charge is -2.39. The average molecular weight is 465 g/mol. The summed E-state index contributed by atoms with van der Waals surface area (Å²) in [6.07, 6.45) is 12.3. The standard InChI is InChI=1S/C29H28N4O2/c1-19-4-9-26(18-32-19)35-28-27(3-2-11-31-28)29(34)33-24-7-8-25(33)16-21(15-24)13-20-5-6-23-17-30-12-10-22(23)14-20/h2-6,9-12,14,17-18,21,24-25H,7-8,13,15-16H2,1H3. The van der Waals surface area contributed by atoms with Crippen LogP contribution in [0, 0.1) is 12.8 Å². The van der Waals surface area contributed by atoms with Gasteiger partial charge in [0.1, 0.15) is 11.3 Å². The van der Waals surface area contributed by atoms with Crippen LogP contribution in [-0.2, 0) is 6.42 Å². The molecule has 0 saturated carbocycles. The summed E-state index contributed by atoms with van der Waals surface area (Å²) < 4.78 is 5.98. The van der Waals surface area contributed by atoms with Gasteiger partial charge in [-0.25, -0.2) is 4.98 Å². The molecule has 2 bridgehead atoms. The Morgan fingerprint density at radius 2 is 1.83 bits per heavy atom. The molecule has 0 N–H and O–H groups in total. The summed E-state index contributed by atoms with van der Waals surface area (Å²) in [6.45, 7) is 1.93. The summed E-state index contributed by atoms with van der Waals surface area (Å²) in [6, 6.07) is 16.6. The van der Waals surface area contributed by atoms with Crippen molar-refractivity contribution in [2.75, 3.05) is 0 Å². The molecule has 1 aromatic carbocycles. The quantitative estimate of drug-likeness (QED) is 0.376. The van der Waals surface area contributed by atoms with Crippen molar-refractivity contribution in [1.82, 2.24) is 19.9 Å². The van der Waals surface area contributed by atoms with E-state index in [9.17, 15) is 4.79 Å². The van der Waals surface area contributed by atoms with Crippen LogP contribution in [0.15, 0.2) is 73.3 Å². The van der Waals surface area contributed by atoms with Crippen LogP contribution in [0.4, 0.5) is 0 Å². The first-order valence-corrected chi connectivity index (χ1v) is 12.3. The molecule has 35 heavy (non-hydrogen) atoms. The molecule has 5 heterocycles. The van der Waals surface area contributed by atoms with E-state index in [1.807, 2.05) is 37.5 Å². The summed E-state index contributed by atoms with van der Waals surface area (Å²) in [7, 11) is 0. The van der Waals surface area contributed by atoms with Crippen molar-refractivity contribution in [3.63, 3.8) is 0 Å². The van der Waals surface area contributed by atoms with E-state index in [2.05, 4.69) is 44.1 Å². The maximum atomic E-state index is 13.7. The second-order valence-electron chi connectivity index (χ2n) is 9.79. The van der Waals surface area contributed by atoms with Crippen LogP contribution in [0.2, 0.25) is 0 Å². The minimum absolute atomic E-state index is 0.0253. The Hall–Kier alpha value is -3.80. The molecular formula is C29H28N4O2. The normalized spacial score (nSPS) is 21.3. The van der Waals surface area contributed by atoms with E-state index < -0.39 is 0 Å². The third-order valence-corrected chi connectivity index (χ3v) is 7.39. The second-order valence-corrected chi connectivity index (χ2v) is 9.79. The predicted octanol–water partition coefficient (Wildman–Crippen LogP) is 5.75. The molecule has 0 aliphatic carbocycles. The number of carbonyl (C=O) groups is 1. The van der Waals surface area contributed by atoms with Gasteiger partial charge in [0.05, 0.1) is 6.20 Å². The van der Waals surface area contributed by atoms with E-state index >= 15 is 0 Å². The van der Waals surface area contributed by atoms with Crippen LogP contribution in [-0.4, -0.2) is 37.8 Å². The number of aromatic nitrogens is 3. The summed E-state index contributed by atoms with van der Waals surface area (Å²) in [5.74, 6) is 1.53. The van der Waals surface area contributed by atoms with Gasteiger partial charge in [0, 0.05) is 41.8 Å². The fourth-order valence-corrected chi connectivity index (χ4v) is 5.78. The molecule has 2 saturated heterocycles. The molecule has 1 amide bonds. The van der Waals surface area contributed by atoms with Crippen molar-refractivity contribution in [3.8, 4) is 11.6 Å². The van der Waals surface area contributed by atoms with Gasteiger partial charge in [-0.05, 0) is 86.2 Å². The Bertz CT molecular complexity index is 1360. The SMILES string of the molecule is Cc1ccc(Oc2ncccc2C(=O)N2C3CCC2CC(Cc2ccc4cnccc4c2)C3)cn1. The van der Waals surface area contributed by atoms with Gasteiger partial charge in [-0.2, -0.15) is 0 Å². The zero-order valence-electron chi connectivity index (χ0n) is 19.8. The van der Waals surface area contributed by atoms with Crippen LogP contribution in [0.25, 0.3) is 10.8 Å². The minimum atomic E-state index is 0.0253. The van der Waals surface area contributed by atoms with E-state index in [0.29, 0.717) is 23.1 Å². The van der Waals surface area contributed by atoms with Gasteiger partial charge in [0.25, 0.3) is 5.91 Å². The molecule has 0 spiro atoms. The topological polar surface area (TPSA) is 68.2 Å². The van der Waals surface area contributed by atoms with Crippen LogP contribution >= 0.6 is 0 Å². The van der Waals surface area contributed by atoms with E-state index in [1.165, 1.54) is 16.3 Å². The molecule has 2 unspecified atom stereocenters. The second kappa shape index (κ2) is 9.10. The Morgan fingerprint density at radius 3 is 2.63 bits per heavy atom. The number of piperidine rings is 1. The molecule has 176 valence electrons. The van der Waals surface area contributed by atoms with E-state index in [-0.39, 0.29) is 18.0 Å². The summed E-state index contributed by atoms with van der Waals surface area (Å²) in [5, 5.41) is 2.41. The van der Waals surface area contributed by atoms with Gasteiger partial charge >= 0.3 is 0 Å². The molecule has 2 aliphatic rings. The fraction of sp³-hybridized carbons (Fsp3) is 0.310. The molecule has 2 atom stereocenters. The third-order valence-electron chi connectivity index (χ3n) is 7.39. The van der Waals surface area contributed by atoms with Gasteiger partial charge in [-0.15, -0.1) is 0 Å². The zero-order valence-corrected chi connectivity index (χ0v) is 19.8. The molecule has 0 radical (unpaired) electrons. The Kier molecular flexibility index (Phi) is 5.64. The summed E-state index contributed by atoms with van der Waals surface area (Å²) in [5.41, 5.74) is 2.80. The smallest absolute Gasteiger partial charge is 0.259 e. The molecule has 3 aromatic heterocycles. The highest BCUT2D eigenvalue weighted by molar-refractivity contribution is 5.97. The first kappa shape index (κ1) is 21.7. The van der Waals surface area contributed by atoms with Crippen molar-refractivity contribution >= 4 is 16.7 Å². The molecule has 6 heteroatoms. The van der Waals surface area contributed by atoms with E-state index in [4.69, 9.17) is 4.74 Å². The van der Waals surface area contributed by atoms with Gasteiger partial charge in [0.2, 0.25) is 5.88 Å². The van der Waals surface area contributed by atoms with E-state index in [0.717, 1.165) is 37.8 Å². The number of hydrogen-bond acceptors (Lipinski definition) is 5. The van der Waals surface area contributed by atoms with Crippen LogP contribution in [0.3, 0.4) is 0 Å². The number of pyridine rings is 3. The lowest BCUT2D eigenvalue weighted by molar-refractivity contribution is 0.0521. The molecule has 6 rings (SSSR count). The molecule has 4 aromatic rings. The Morgan fingerprint density at radius 1 is 0.971 bits per heavy atom. The lowest BCUT2D eigenvalue weighted by atomic mass is 9.85. The number of hydrogen-bond donors (Lipinski definition) is 0. The van der Waals surface area contributed by atoms with Crippen molar-refractivity contribution in [2.24, 2.45) is 5.92 Å². The Labute approximate surface area is 205 Å². The van der Waals surface area contributed by atoms with Crippen molar-refractivity contribution < 1.29 is 9.53 Å². The number of benzene rings is 1. The number of aryl methyl sites for hydroxylation is 1. The van der Waals surface area contributed by atoms with Gasteiger partial charge in [-0.3, -0.25) is 14.8 Å². The number of amides is 1. The minimum Gasteiger partial charge on any atom is -0.437 e. The van der Waals surface area contributed by atoms with Gasteiger partial charge < -0.3 is 9.64 Å². The number of ether oxygens (including phenoxy) is 1. The van der Waals surface area contributed by atoms with Crippen LogP contribution < -0.4 is 4.74 Å². The highest BCUT2D eigenvalue weighted by atomic mass is 16.5. The summed E-state index contributed by atoms with van der Waals surface area (Å²) >= 11 is 0. The van der Waals surface area contributed by atoms with Crippen LogP contribution in [0.1, 0.15) is 47.3 Å².